The third-order valence-corrected chi connectivity index (χ3v) is 3.99. The molecule has 0 unspecified atom stereocenters. The Balaban J connectivity index is 3.47. The summed E-state index contributed by atoms with van der Waals surface area (Å²) in [5.41, 5.74) is -1.48. The van der Waals surface area contributed by atoms with Crippen molar-refractivity contribution in [1.29, 1.82) is 0 Å². The van der Waals surface area contributed by atoms with Gasteiger partial charge in [-0.25, -0.2) is 0 Å². The van der Waals surface area contributed by atoms with E-state index in [1.165, 1.54) is 0 Å². The van der Waals surface area contributed by atoms with E-state index < -0.39 is 22.8 Å². The fraction of sp³-hybridized carbons (Fsp3) is 0.556. The lowest BCUT2D eigenvalue weighted by molar-refractivity contribution is -0.144. The molecule has 0 atom stereocenters. The second kappa shape index (κ2) is 6.60. The summed E-state index contributed by atoms with van der Waals surface area (Å²) < 4.78 is 5.67. The molecule has 0 radical (unpaired) electrons. The van der Waals surface area contributed by atoms with Gasteiger partial charge in [-0.05, 0) is 56.9 Å². The van der Waals surface area contributed by atoms with Gasteiger partial charge >= 0.3 is 11.9 Å². The molecule has 0 aromatic heterocycles. The molecule has 1 aromatic rings. The van der Waals surface area contributed by atoms with Crippen molar-refractivity contribution >= 4 is 11.9 Å². The lowest BCUT2D eigenvalue weighted by Gasteiger charge is -2.30. The molecule has 23 heavy (non-hydrogen) atoms. The summed E-state index contributed by atoms with van der Waals surface area (Å²) in [6, 6.07) is 5.00. The number of aliphatic carboxylic acids is 2. The van der Waals surface area contributed by atoms with Crippen molar-refractivity contribution in [3.05, 3.63) is 29.3 Å². The molecule has 0 fully saturated rings. The van der Waals surface area contributed by atoms with Gasteiger partial charge in [0.15, 0.2) is 0 Å². The summed E-state index contributed by atoms with van der Waals surface area (Å²) in [7, 11) is 0. The molecular formula is C18H26O5. The van der Waals surface area contributed by atoms with Gasteiger partial charge in [0.1, 0.15) is 5.75 Å². The standard InChI is InChI=1S/C18H26O5/c1-11(2)10-23-12-7-8-13(17(3,4)15(19)20)14(9-12)18(5,6)16(21)22/h7-9,11H,10H2,1-6H3,(H,19,20)(H,21,22). The molecule has 0 bridgehead atoms. The van der Waals surface area contributed by atoms with Gasteiger partial charge in [0.2, 0.25) is 0 Å². The van der Waals surface area contributed by atoms with Crippen molar-refractivity contribution in [3.63, 3.8) is 0 Å². The average molecular weight is 322 g/mol. The SMILES string of the molecule is CC(C)COc1ccc(C(C)(C)C(=O)O)c(C(C)(C)C(=O)O)c1. The Morgan fingerprint density at radius 3 is 1.91 bits per heavy atom. The first kappa shape index (κ1) is 19.0. The number of rotatable bonds is 7. The Morgan fingerprint density at radius 1 is 1.00 bits per heavy atom. The first-order valence-corrected chi connectivity index (χ1v) is 7.65. The highest BCUT2D eigenvalue weighted by Gasteiger charge is 2.39. The van der Waals surface area contributed by atoms with Crippen molar-refractivity contribution in [2.45, 2.75) is 52.4 Å². The second-order valence-corrected chi connectivity index (χ2v) is 7.27. The van der Waals surface area contributed by atoms with Crippen LogP contribution in [0.1, 0.15) is 52.7 Å². The van der Waals surface area contributed by atoms with E-state index in [0.29, 0.717) is 29.4 Å². The minimum atomic E-state index is -1.22. The highest BCUT2D eigenvalue weighted by atomic mass is 16.5. The van der Waals surface area contributed by atoms with Gasteiger partial charge in [0, 0.05) is 0 Å². The quantitative estimate of drug-likeness (QED) is 0.803. The van der Waals surface area contributed by atoms with E-state index in [0.717, 1.165) is 0 Å². The summed E-state index contributed by atoms with van der Waals surface area (Å²) in [5.74, 6) is -1.13. The van der Waals surface area contributed by atoms with E-state index in [1.807, 2.05) is 13.8 Å². The van der Waals surface area contributed by atoms with Crippen LogP contribution in [0.3, 0.4) is 0 Å². The lowest BCUT2D eigenvalue weighted by Crippen LogP contribution is -2.36. The van der Waals surface area contributed by atoms with Crippen molar-refractivity contribution in [2.75, 3.05) is 6.61 Å². The highest BCUT2D eigenvalue weighted by molar-refractivity contribution is 5.85. The zero-order valence-electron chi connectivity index (χ0n) is 14.6. The monoisotopic (exact) mass is 322 g/mol. The number of hydrogen-bond donors (Lipinski definition) is 2. The van der Waals surface area contributed by atoms with E-state index >= 15 is 0 Å². The number of ether oxygens (including phenoxy) is 1. The van der Waals surface area contributed by atoms with E-state index in [9.17, 15) is 19.8 Å². The van der Waals surface area contributed by atoms with Crippen molar-refractivity contribution in [3.8, 4) is 5.75 Å². The smallest absolute Gasteiger partial charge is 0.313 e. The van der Waals surface area contributed by atoms with Gasteiger partial charge in [-0.1, -0.05) is 19.9 Å². The summed E-state index contributed by atoms with van der Waals surface area (Å²) >= 11 is 0. The molecule has 1 rings (SSSR count). The Bertz CT molecular complexity index is 599. The van der Waals surface area contributed by atoms with Crippen molar-refractivity contribution < 1.29 is 24.5 Å². The van der Waals surface area contributed by atoms with E-state index in [4.69, 9.17) is 4.74 Å². The first-order chi connectivity index (χ1) is 10.4. The van der Waals surface area contributed by atoms with Gasteiger partial charge < -0.3 is 14.9 Å². The summed E-state index contributed by atoms with van der Waals surface area (Å²) in [6.07, 6.45) is 0. The third-order valence-electron chi connectivity index (χ3n) is 3.99. The predicted molar refractivity (Wildman–Crippen MR) is 88.1 cm³/mol. The third kappa shape index (κ3) is 4.03. The maximum absolute atomic E-state index is 11.7. The molecule has 2 N–H and O–H groups in total. The summed E-state index contributed by atoms with van der Waals surface area (Å²) in [4.78, 5) is 23.3. The van der Waals surface area contributed by atoms with Gasteiger partial charge in [-0.2, -0.15) is 0 Å². The molecule has 0 spiro atoms. The van der Waals surface area contributed by atoms with E-state index in [2.05, 4.69) is 0 Å². The minimum absolute atomic E-state index is 0.334. The van der Waals surface area contributed by atoms with Crippen LogP contribution in [0.25, 0.3) is 0 Å². The van der Waals surface area contributed by atoms with Crippen LogP contribution in [0, 0.1) is 5.92 Å². The van der Waals surface area contributed by atoms with Crippen LogP contribution >= 0.6 is 0 Å². The van der Waals surface area contributed by atoms with Crippen molar-refractivity contribution in [1.82, 2.24) is 0 Å². The largest absolute Gasteiger partial charge is 0.493 e. The Hall–Kier alpha value is -2.04. The molecule has 0 aliphatic carbocycles. The molecule has 0 aliphatic rings. The van der Waals surface area contributed by atoms with E-state index in [1.54, 1.807) is 45.9 Å². The zero-order chi connectivity index (χ0) is 18.0. The summed E-state index contributed by atoms with van der Waals surface area (Å²) in [6.45, 7) is 10.8. The molecule has 5 nitrogen and oxygen atoms in total. The summed E-state index contributed by atoms with van der Waals surface area (Å²) in [5, 5.41) is 19.0. The molecule has 0 amide bonds. The van der Waals surface area contributed by atoms with Gasteiger partial charge in [0.05, 0.1) is 17.4 Å². The number of carbonyl (C=O) groups is 2. The van der Waals surface area contributed by atoms with Gasteiger partial charge in [0.25, 0.3) is 0 Å². The molecule has 0 aliphatic heterocycles. The zero-order valence-corrected chi connectivity index (χ0v) is 14.6. The molecule has 0 saturated heterocycles. The maximum atomic E-state index is 11.7. The molecule has 5 heteroatoms. The topological polar surface area (TPSA) is 83.8 Å². The lowest BCUT2D eigenvalue weighted by atomic mass is 9.73. The normalized spacial score (nSPS) is 12.3. The van der Waals surface area contributed by atoms with Crippen LogP contribution in [0.4, 0.5) is 0 Å². The maximum Gasteiger partial charge on any atom is 0.313 e. The molecule has 0 saturated carbocycles. The molecule has 128 valence electrons. The molecule has 1 aromatic carbocycles. The van der Waals surface area contributed by atoms with Crippen LogP contribution in [0.5, 0.6) is 5.75 Å². The van der Waals surface area contributed by atoms with Crippen LogP contribution in [0.2, 0.25) is 0 Å². The Morgan fingerprint density at radius 2 is 1.48 bits per heavy atom. The van der Waals surface area contributed by atoms with Crippen LogP contribution < -0.4 is 4.74 Å². The fourth-order valence-corrected chi connectivity index (χ4v) is 2.17. The molecular weight excluding hydrogens is 296 g/mol. The second-order valence-electron chi connectivity index (χ2n) is 7.27. The van der Waals surface area contributed by atoms with Gasteiger partial charge in [-0.15, -0.1) is 0 Å². The Labute approximate surface area is 137 Å². The predicted octanol–water partition coefficient (Wildman–Crippen LogP) is 3.45. The van der Waals surface area contributed by atoms with E-state index in [-0.39, 0.29) is 0 Å². The Kier molecular flexibility index (Phi) is 5.46. The minimum Gasteiger partial charge on any atom is -0.493 e. The number of hydrogen-bond acceptors (Lipinski definition) is 3. The number of carboxylic acid groups (broad SMARTS) is 2. The molecule has 0 heterocycles. The van der Waals surface area contributed by atoms with Gasteiger partial charge in [-0.3, -0.25) is 9.59 Å². The van der Waals surface area contributed by atoms with Crippen LogP contribution in [-0.2, 0) is 20.4 Å². The fourth-order valence-electron chi connectivity index (χ4n) is 2.17. The average Bonchev–Trinajstić information content (AvgIpc) is 2.44. The number of carboxylic acids is 2. The van der Waals surface area contributed by atoms with Crippen molar-refractivity contribution in [2.24, 2.45) is 5.92 Å². The van der Waals surface area contributed by atoms with Crippen LogP contribution in [-0.4, -0.2) is 28.8 Å². The number of benzene rings is 1. The highest BCUT2D eigenvalue weighted by Crippen LogP contribution is 2.37. The first-order valence-electron chi connectivity index (χ1n) is 7.65. The van der Waals surface area contributed by atoms with Crippen LogP contribution in [0.15, 0.2) is 18.2 Å².